The molecule has 0 radical (unpaired) electrons. The van der Waals surface area contributed by atoms with Crippen molar-refractivity contribution in [2.24, 2.45) is 17.8 Å². The molecule has 0 N–H and O–H groups in total. The summed E-state index contributed by atoms with van der Waals surface area (Å²) in [5.74, 6) is -9.28. The molecule has 2 aliphatic rings. The molecule has 4 unspecified atom stereocenters. The molecule has 13 heteroatoms. The third-order valence-electron chi connectivity index (χ3n) is 7.58. The molecule has 234 valence electrons. The van der Waals surface area contributed by atoms with Crippen LogP contribution in [0.2, 0.25) is 0 Å². The van der Waals surface area contributed by atoms with Crippen molar-refractivity contribution in [3.8, 4) is 0 Å². The molecule has 2 fully saturated rings. The molecule has 5 rings (SSSR count). The van der Waals surface area contributed by atoms with Gasteiger partial charge in [0.15, 0.2) is 24.8 Å². The summed E-state index contributed by atoms with van der Waals surface area (Å²) in [5.41, 5.74) is 0. The normalized spacial score (nSPS) is 22.3. The van der Waals surface area contributed by atoms with Crippen molar-refractivity contribution in [2.45, 2.75) is 64.6 Å². The fourth-order valence-corrected chi connectivity index (χ4v) is 9.54. The van der Waals surface area contributed by atoms with Crippen molar-refractivity contribution in [3.63, 3.8) is 0 Å². The van der Waals surface area contributed by atoms with Crippen molar-refractivity contribution in [1.29, 1.82) is 0 Å². The largest absolute Gasteiger partial charge is 0.743 e. The van der Waals surface area contributed by atoms with Crippen molar-refractivity contribution in [3.05, 3.63) is 91.0 Å². The molecular weight excluding hydrogens is 629 g/mol. The fourth-order valence-electron chi connectivity index (χ4n) is 5.76. The lowest BCUT2D eigenvalue weighted by Gasteiger charge is -2.38. The molecular formula is C30H32F4O6S3. The Balaban J connectivity index is 0.000000202. The minimum Gasteiger partial charge on any atom is -0.743 e. The summed E-state index contributed by atoms with van der Waals surface area (Å²) in [7, 11) is -10.6. The minimum absolute atomic E-state index is 0.0146. The van der Waals surface area contributed by atoms with Crippen LogP contribution in [0, 0.1) is 17.8 Å². The zero-order valence-corrected chi connectivity index (χ0v) is 25.6. The van der Waals surface area contributed by atoms with Crippen molar-refractivity contribution in [2.75, 3.05) is 5.75 Å². The SMILES string of the molecule is CCCS(=O)(=O)OC1CC2CC1C(C(F)(F)C(F)(F)S(=O)(=O)[O-])C2.c1ccc([S+](c2ccccc2)c2ccccc2)cc1. The van der Waals surface area contributed by atoms with Gasteiger partial charge in [-0.2, -0.15) is 26.0 Å². The highest BCUT2D eigenvalue weighted by Gasteiger charge is 2.70. The number of halogens is 4. The number of fused-ring (bicyclic) bond motifs is 2. The van der Waals surface area contributed by atoms with Gasteiger partial charge in [0.1, 0.15) is 0 Å². The Morgan fingerprint density at radius 2 is 1.21 bits per heavy atom. The molecule has 0 saturated heterocycles. The van der Waals surface area contributed by atoms with E-state index in [0.29, 0.717) is 0 Å². The molecule has 2 bridgehead atoms. The molecule has 43 heavy (non-hydrogen) atoms. The van der Waals surface area contributed by atoms with E-state index < -0.39 is 61.7 Å². The van der Waals surface area contributed by atoms with Crippen LogP contribution in [-0.4, -0.2) is 44.4 Å². The second-order valence-electron chi connectivity index (χ2n) is 10.6. The number of benzene rings is 3. The maximum atomic E-state index is 14.1. The quantitative estimate of drug-likeness (QED) is 0.104. The number of hydrogen-bond donors (Lipinski definition) is 0. The molecule has 3 aromatic carbocycles. The van der Waals surface area contributed by atoms with Crippen LogP contribution in [-0.2, 0) is 35.3 Å². The average Bonchev–Trinajstić information content (AvgIpc) is 3.56. The van der Waals surface area contributed by atoms with E-state index in [9.17, 15) is 39.0 Å². The van der Waals surface area contributed by atoms with E-state index in [-0.39, 0.29) is 35.9 Å². The third-order valence-corrected chi connectivity index (χ3v) is 12.2. The molecule has 0 heterocycles. The predicted octanol–water partition coefficient (Wildman–Crippen LogP) is 6.71. The molecule has 2 saturated carbocycles. The van der Waals surface area contributed by atoms with Crippen LogP contribution in [0.5, 0.6) is 0 Å². The first kappa shape index (κ1) is 33.4. The van der Waals surface area contributed by atoms with Gasteiger partial charge in [-0.05, 0) is 73.9 Å². The third kappa shape index (κ3) is 7.44. The van der Waals surface area contributed by atoms with Crippen LogP contribution in [0.25, 0.3) is 0 Å². The van der Waals surface area contributed by atoms with Crippen molar-refractivity contribution < 1.29 is 43.1 Å². The summed E-state index contributed by atoms with van der Waals surface area (Å²) in [5, 5.41) is -5.76. The zero-order valence-electron chi connectivity index (χ0n) is 23.2. The smallest absolute Gasteiger partial charge is 0.396 e. The zero-order chi connectivity index (χ0) is 31.5. The van der Waals surface area contributed by atoms with Crippen LogP contribution in [0.15, 0.2) is 106 Å². The first-order valence-corrected chi connectivity index (χ1v) is 17.9. The molecule has 6 nitrogen and oxygen atoms in total. The van der Waals surface area contributed by atoms with E-state index in [4.69, 9.17) is 4.18 Å². The van der Waals surface area contributed by atoms with Crippen LogP contribution < -0.4 is 0 Å². The van der Waals surface area contributed by atoms with Gasteiger partial charge in [0.05, 0.1) is 22.8 Å². The van der Waals surface area contributed by atoms with Crippen molar-refractivity contribution in [1.82, 2.24) is 0 Å². The Labute approximate surface area is 252 Å². The second kappa shape index (κ2) is 13.3. The fraction of sp³-hybridized carbons (Fsp3) is 0.400. The molecule has 4 atom stereocenters. The van der Waals surface area contributed by atoms with E-state index in [1.807, 2.05) is 0 Å². The Kier molecular flexibility index (Phi) is 10.3. The van der Waals surface area contributed by atoms with E-state index in [2.05, 4.69) is 91.0 Å². The molecule has 0 amide bonds. The van der Waals surface area contributed by atoms with E-state index in [0.717, 1.165) is 0 Å². The van der Waals surface area contributed by atoms with E-state index in [1.165, 1.54) is 14.7 Å². The van der Waals surface area contributed by atoms with Crippen LogP contribution in [0.3, 0.4) is 0 Å². The van der Waals surface area contributed by atoms with Gasteiger partial charge in [-0.15, -0.1) is 0 Å². The molecule has 0 aromatic heterocycles. The summed E-state index contributed by atoms with van der Waals surface area (Å²) < 4.78 is 115. The maximum Gasteiger partial charge on any atom is 0.396 e. The van der Waals surface area contributed by atoms with Gasteiger partial charge in [0.25, 0.3) is 10.1 Å². The second-order valence-corrected chi connectivity index (χ2v) is 15.7. The maximum absolute atomic E-state index is 14.1. The van der Waals surface area contributed by atoms with Gasteiger partial charge < -0.3 is 4.55 Å². The Bertz CT molecular complexity index is 1460. The standard InChI is InChI=1S/C18H15S.C12H18F4O6S2/c1-4-10-16(11-5-1)19(17-12-6-2-7-13-17)18-14-8-3-9-15-18;1-2-3-23(17,18)22-10-6-7-4-8(10)9(5-7)11(13,14)12(15,16)24(19,20)21/h1-15H;7-10H,2-6H2,1H3,(H,19,20,21)/q+1;/p-1. The average molecular weight is 661 g/mol. The number of alkyl halides is 4. The lowest BCUT2D eigenvalue weighted by molar-refractivity contribution is -0.208. The highest BCUT2D eigenvalue weighted by molar-refractivity contribution is 7.97. The first-order valence-electron chi connectivity index (χ1n) is 13.7. The number of rotatable bonds is 10. The van der Waals surface area contributed by atoms with E-state index >= 15 is 0 Å². The Morgan fingerprint density at radius 1 is 0.767 bits per heavy atom. The topological polar surface area (TPSA) is 101 Å². The Hall–Kier alpha value is -2.45. The van der Waals surface area contributed by atoms with Crippen LogP contribution >= 0.6 is 0 Å². The lowest BCUT2D eigenvalue weighted by Crippen LogP contribution is -2.54. The van der Waals surface area contributed by atoms with Gasteiger partial charge in [0, 0.05) is 5.92 Å². The summed E-state index contributed by atoms with van der Waals surface area (Å²) in [6, 6.07) is 32.2. The van der Waals surface area contributed by atoms with E-state index in [1.54, 1.807) is 6.92 Å². The lowest BCUT2D eigenvalue weighted by atomic mass is 9.82. The summed E-state index contributed by atoms with van der Waals surface area (Å²) in [6.07, 6.45) is -1.23. The highest BCUT2D eigenvalue weighted by atomic mass is 32.2. The first-order chi connectivity index (χ1) is 20.2. The van der Waals surface area contributed by atoms with Gasteiger partial charge >= 0.3 is 11.2 Å². The Morgan fingerprint density at radius 3 is 1.58 bits per heavy atom. The number of hydrogen-bond acceptors (Lipinski definition) is 6. The monoisotopic (exact) mass is 660 g/mol. The molecule has 0 aliphatic heterocycles. The molecule has 2 aliphatic carbocycles. The van der Waals surface area contributed by atoms with Crippen LogP contribution in [0.1, 0.15) is 32.6 Å². The molecule has 0 spiro atoms. The highest BCUT2D eigenvalue weighted by Crippen LogP contribution is 2.59. The summed E-state index contributed by atoms with van der Waals surface area (Å²) in [6.45, 7) is 1.57. The summed E-state index contributed by atoms with van der Waals surface area (Å²) in [4.78, 5) is 4.08. The van der Waals surface area contributed by atoms with Crippen molar-refractivity contribution >= 4 is 31.1 Å². The summed E-state index contributed by atoms with van der Waals surface area (Å²) >= 11 is 0. The van der Waals surface area contributed by atoms with Gasteiger partial charge in [-0.1, -0.05) is 61.5 Å². The van der Waals surface area contributed by atoms with Gasteiger partial charge in [-0.3, -0.25) is 4.18 Å². The minimum atomic E-state index is -6.57. The predicted molar refractivity (Wildman–Crippen MR) is 154 cm³/mol. The molecule has 3 aromatic rings. The van der Waals surface area contributed by atoms with Gasteiger partial charge in [0.2, 0.25) is 0 Å². The van der Waals surface area contributed by atoms with Crippen LogP contribution in [0.4, 0.5) is 17.6 Å². The van der Waals surface area contributed by atoms with Gasteiger partial charge in [-0.25, -0.2) is 8.42 Å².